The maximum Gasteiger partial charge on any atom is 0.308 e. The molecule has 1 fully saturated rings. The second-order valence-corrected chi connectivity index (χ2v) is 6.08. The zero-order valence-corrected chi connectivity index (χ0v) is 13.6. The molecule has 0 saturated carbocycles. The molecular weight excluding hydrogens is 320 g/mol. The molecule has 1 aromatic carbocycles. The Morgan fingerprint density at radius 1 is 1.12 bits per heavy atom. The molecule has 128 valence electrons. The number of rotatable bonds is 3. The van der Waals surface area contributed by atoms with Crippen molar-refractivity contribution >= 4 is 23.1 Å². The number of hydrogen-bond donors (Lipinski definition) is 1. The number of fused-ring (bicyclic) bond motifs is 1. The fourth-order valence-corrected chi connectivity index (χ4v) is 3.09. The van der Waals surface area contributed by atoms with E-state index in [1.165, 1.54) is 42.3 Å². The second-order valence-electron chi connectivity index (χ2n) is 6.08. The van der Waals surface area contributed by atoms with Crippen molar-refractivity contribution in [1.29, 1.82) is 0 Å². The van der Waals surface area contributed by atoms with Gasteiger partial charge in [-0.25, -0.2) is 9.38 Å². The Morgan fingerprint density at radius 2 is 1.88 bits per heavy atom. The zero-order chi connectivity index (χ0) is 17.2. The SMILES string of the molecule is O=C(Nc1ccc(N2CCCCC2)cc1)c1cnc2occn2c1=O. The van der Waals surface area contributed by atoms with Gasteiger partial charge in [0.05, 0.1) is 12.4 Å². The summed E-state index contributed by atoms with van der Waals surface area (Å²) < 4.78 is 6.24. The van der Waals surface area contributed by atoms with Gasteiger partial charge >= 0.3 is 5.84 Å². The highest BCUT2D eigenvalue weighted by Crippen LogP contribution is 2.22. The van der Waals surface area contributed by atoms with Crippen molar-refractivity contribution in [2.45, 2.75) is 19.3 Å². The number of oxazole rings is 1. The molecule has 0 radical (unpaired) electrons. The van der Waals surface area contributed by atoms with Gasteiger partial charge in [0.25, 0.3) is 11.5 Å². The first-order valence-corrected chi connectivity index (χ1v) is 8.33. The van der Waals surface area contributed by atoms with Crippen LogP contribution in [0, 0.1) is 0 Å². The second kappa shape index (κ2) is 6.43. The van der Waals surface area contributed by atoms with Gasteiger partial charge < -0.3 is 14.6 Å². The third kappa shape index (κ3) is 3.00. The van der Waals surface area contributed by atoms with E-state index in [9.17, 15) is 9.59 Å². The van der Waals surface area contributed by atoms with Crippen molar-refractivity contribution in [1.82, 2.24) is 9.38 Å². The number of benzene rings is 1. The average molecular weight is 338 g/mol. The first-order valence-electron chi connectivity index (χ1n) is 8.33. The van der Waals surface area contributed by atoms with Gasteiger partial charge in [0.2, 0.25) is 0 Å². The lowest BCUT2D eigenvalue weighted by molar-refractivity contribution is 0.102. The molecule has 1 saturated heterocycles. The molecule has 7 nitrogen and oxygen atoms in total. The van der Waals surface area contributed by atoms with Crippen LogP contribution >= 0.6 is 0 Å². The topological polar surface area (TPSA) is 79.8 Å². The van der Waals surface area contributed by atoms with Crippen LogP contribution < -0.4 is 15.8 Å². The van der Waals surface area contributed by atoms with E-state index in [0.29, 0.717) is 5.69 Å². The van der Waals surface area contributed by atoms with E-state index in [4.69, 9.17) is 4.42 Å². The molecule has 1 aliphatic heterocycles. The van der Waals surface area contributed by atoms with Gasteiger partial charge in [0, 0.05) is 24.5 Å². The number of piperidine rings is 1. The molecule has 0 bridgehead atoms. The number of carbonyl (C=O) groups is 1. The van der Waals surface area contributed by atoms with E-state index in [1.54, 1.807) is 0 Å². The first-order chi connectivity index (χ1) is 12.2. The number of anilines is 2. The monoisotopic (exact) mass is 338 g/mol. The van der Waals surface area contributed by atoms with Gasteiger partial charge in [-0.15, -0.1) is 0 Å². The fraction of sp³-hybridized carbons (Fsp3) is 0.278. The summed E-state index contributed by atoms with van der Waals surface area (Å²) in [5, 5.41) is 2.74. The summed E-state index contributed by atoms with van der Waals surface area (Å²) >= 11 is 0. The highest BCUT2D eigenvalue weighted by molar-refractivity contribution is 6.03. The van der Waals surface area contributed by atoms with Crippen LogP contribution in [0.5, 0.6) is 0 Å². The summed E-state index contributed by atoms with van der Waals surface area (Å²) in [6.07, 6.45) is 7.74. The van der Waals surface area contributed by atoms with E-state index in [1.807, 2.05) is 24.3 Å². The molecule has 0 spiro atoms. The summed E-state index contributed by atoms with van der Waals surface area (Å²) in [4.78, 5) is 31.0. The zero-order valence-electron chi connectivity index (χ0n) is 13.6. The van der Waals surface area contributed by atoms with Crippen molar-refractivity contribution < 1.29 is 9.21 Å². The molecule has 1 aliphatic rings. The highest BCUT2D eigenvalue weighted by atomic mass is 16.3. The van der Waals surface area contributed by atoms with Gasteiger partial charge in [0.1, 0.15) is 11.8 Å². The molecule has 0 atom stereocenters. The molecule has 3 aromatic rings. The minimum atomic E-state index is -0.487. The Hall–Kier alpha value is -3.09. The van der Waals surface area contributed by atoms with Gasteiger partial charge in [-0.1, -0.05) is 0 Å². The van der Waals surface area contributed by atoms with Crippen molar-refractivity contribution in [2.24, 2.45) is 0 Å². The standard InChI is InChI=1S/C18H18N4O3/c23-16(15-12-19-18-22(17(15)24)10-11-25-18)20-13-4-6-14(7-5-13)21-8-2-1-3-9-21/h4-7,10-12H,1-3,8-9H2,(H,20,23). The average Bonchev–Trinajstić information content (AvgIpc) is 3.13. The van der Waals surface area contributed by atoms with Crippen LogP contribution in [-0.2, 0) is 0 Å². The van der Waals surface area contributed by atoms with Crippen LogP contribution in [-0.4, -0.2) is 28.4 Å². The molecule has 4 rings (SSSR count). The van der Waals surface area contributed by atoms with Gasteiger partial charge in [0.15, 0.2) is 0 Å². The first kappa shape index (κ1) is 15.4. The Kier molecular flexibility index (Phi) is 3.97. The number of carbonyl (C=O) groups excluding carboxylic acids is 1. The summed E-state index contributed by atoms with van der Waals surface area (Å²) in [7, 11) is 0. The predicted octanol–water partition coefficient (Wildman–Crippen LogP) is 2.53. The van der Waals surface area contributed by atoms with Crippen molar-refractivity contribution in [2.75, 3.05) is 23.3 Å². The van der Waals surface area contributed by atoms with E-state index < -0.39 is 11.5 Å². The Bertz CT molecular complexity index is 952. The Balaban J connectivity index is 1.51. The van der Waals surface area contributed by atoms with Crippen LogP contribution in [0.4, 0.5) is 11.4 Å². The molecule has 25 heavy (non-hydrogen) atoms. The number of hydrogen-bond acceptors (Lipinski definition) is 5. The molecule has 7 heteroatoms. The molecular formula is C18H18N4O3. The summed E-state index contributed by atoms with van der Waals surface area (Å²) in [6.45, 7) is 2.14. The van der Waals surface area contributed by atoms with Crippen molar-refractivity contribution in [3.8, 4) is 0 Å². The lowest BCUT2D eigenvalue weighted by atomic mass is 10.1. The minimum Gasteiger partial charge on any atom is -0.432 e. The Labute approximate surface area is 143 Å². The predicted molar refractivity (Wildman–Crippen MR) is 94.2 cm³/mol. The summed E-state index contributed by atoms with van der Waals surface area (Å²) in [6, 6.07) is 7.68. The van der Waals surface area contributed by atoms with E-state index in [2.05, 4.69) is 15.2 Å². The van der Waals surface area contributed by atoms with Crippen LogP contribution in [0.1, 0.15) is 29.6 Å². The number of aromatic nitrogens is 2. The largest absolute Gasteiger partial charge is 0.432 e. The minimum absolute atomic E-state index is 0.0287. The smallest absolute Gasteiger partial charge is 0.308 e. The molecule has 3 heterocycles. The summed E-state index contributed by atoms with van der Waals surface area (Å²) in [5.41, 5.74) is 1.31. The van der Waals surface area contributed by atoms with Crippen molar-refractivity contribution in [3.63, 3.8) is 0 Å². The normalized spacial score (nSPS) is 14.6. The maximum atomic E-state index is 12.4. The van der Waals surface area contributed by atoms with E-state index >= 15 is 0 Å². The molecule has 0 aliphatic carbocycles. The fourth-order valence-electron chi connectivity index (χ4n) is 3.09. The third-order valence-corrected chi connectivity index (χ3v) is 4.43. The number of amides is 1. The lowest BCUT2D eigenvalue weighted by Crippen LogP contribution is -2.29. The van der Waals surface area contributed by atoms with E-state index in [0.717, 1.165) is 18.8 Å². The van der Waals surface area contributed by atoms with Crippen LogP contribution in [0.2, 0.25) is 0 Å². The summed E-state index contributed by atoms with van der Waals surface area (Å²) in [5.74, 6) is -0.328. The highest BCUT2D eigenvalue weighted by Gasteiger charge is 2.15. The number of nitrogens with one attached hydrogen (secondary N) is 1. The van der Waals surface area contributed by atoms with Gasteiger partial charge in [-0.05, 0) is 43.5 Å². The molecule has 1 amide bonds. The van der Waals surface area contributed by atoms with Crippen LogP contribution in [0.25, 0.3) is 5.84 Å². The molecule has 2 aromatic heterocycles. The molecule has 1 N–H and O–H groups in total. The maximum absolute atomic E-state index is 12.4. The van der Waals surface area contributed by atoms with Crippen LogP contribution in [0.3, 0.4) is 0 Å². The van der Waals surface area contributed by atoms with Crippen LogP contribution in [0.15, 0.2) is 52.1 Å². The van der Waals surface area contributed by atoms with Crippen molar-refractivity contribution in [3.05, 3.63) is 58.8 Å². The Morgan fingerprint density at radius 3 is 2.64 bits per heavy atom. The molecule has 0 unspecified atom stereocenters. The third-order valence-electron chi connectivity index (χ3n) is 4.43. The number of nitrogens with zero attached hydrogens (tertiary/aromatic N) is 3. The van der Waals surface area contributed by atoms with Gasteiger partial charge in [-0.3, -0.25) is 9.59 Å². The van der Waals surface area contributed by atoms with E-state index in [-0.39, 0.29) is 11.4 Å². The quantitative estimate of drug-likeness (QED) is 0.794. The van der Waals surface area contributed by atoms with Gasteiger partial charge in [-0.2, -0.15) is 0 Å². The lowest BCUT2D eigenvalue weighted by Gasteiger charge is -2.28.